The van der Waals surface area contributed by atoms with E-state index in [0.717, 1.165) is 16.9 Å². The zero-order valence-corrected chi connectivity index (χ0v) is 14.0. The number of hydrazone groups is 1. The number of para-hydroxylation sites is 2. The molecule has 0 amide bonds. The zero-order valence-electron chi connectivity index (χ0n) is 14.0. The Labute approximate surface area is 143 Å². The first-order valence-electron chi connectivity index (χ1n) is 7.95. The minimum absolute atomic E-state index is 1.03. The summed E-state index contributed by atoms with van der Waals surface area (Å²) in [7, 11) is 4.07. The third-order valence-electron chi connectivity index (χ3n) is 3.73. The molecular formula is C21H21N3. The summed E-state index contributed by atoms with van der Waals surface area (Å²) in [6, 6.07) is 28.7. The van der Waals surface area contributed by atoms with Gasteiger partial charge in [-0.25, -0.2) is 5.01 Å². The maximum Gasteiger partial charge on any atom is 0.0652 e. The van der Waals surface area contributed by atoms with Crippen molar-refractivity contribution in [3.63, 3.8) is 0 Å². The van der Waals surface area contributed by atoms with Gasteiger partial charge < -0.3 is 4.90 Å². The van der Waals surface area contributed by atoms with Gasteiger partial charge in [0.15, 0.2) is 0 Å². The Hall–Kier alpha value is -3.07. The van der Waals surface area contributed by atoms with Gasteiger partial charge in [-0.15, -0.1) is 0 Å². The van der Waals surface area contributed by atoms with E-state index in [2.05, 4.69) is 53.4 Å². The van der Waals surface area contributed by atoms with Gasteiger partial charge in [0, 0.05) is 19.8 Å². The number of rotatable bonds is 5. The molecule has 0 aromatic heterocycles. The fourth-order valence-corrected chi connectivity index (χ4v) is 2.40. The van der Waals surface area contributed by atoms with Gasteiger partial charge in [-0.05, 0) is 42.0 Å². The highest BCUT2D eigenvalue weighted by molar-refractivity contribution is 5.82. The molecule has 0 atom stereocenters. The van der Waals surface area contributed by atoms with Crippen molar-refractivity contribution in [3.05, 3.63) is 90.5 Å². The van der Waals surface area contributed by atoms with Crippen LogP contribution in [0.25, 0.3) is 0 Å². The van der Waals surface area contributed by atoms with Gasteiger partial charge in [-0.2, -0.15) is 5.10 Å². The number of nitrogens with zero attached hydrogens (tertiary/aromatic N) is 3. The second kappa shape index (κ2) is 7.47. The molecule has 0 aliphatic heterocycles. The molecule has 0 bridgehead atoms. The lowest BCUT2D eigenvalue weighted by Crippen LogP contribution is -2.09. The average molecular weight is 315 g/mol. The number of hydrogen-bond donors (Lipinski definition) is 0. The van der Waals surface area contributed by atoms with Crippen LogP contribution < -0.4 is 9.91 Å². The van der Waals surface area contributed by atoms with E-state index < -0.39 is 0 Å². The summed E-state index contributed by atoms with van der Waals surface area (Å²) < 4.78 is 0. The third-order valence-corrected chi connectivity index (χ3v) is 3.73. The lowest BCUT2D eigenvalue weighted by molar-refractivity contribution is 1.09. The summed E-state index contributed by atoms with van der Waals surface area (Å²) in [5.74, 6) is 0. The number of hydrogen-bond acceptors (Lipinski definition) is 3. The molecule has 3 aromatic rings. The highest BCUT2D eigenvalue weighted by atomic mass is 15.5. The molecule has 0 unspecified atom stereocenters. The SMILES string of the molecule is CN(C)c1ccc(C=NN(c2ccccc2)c2ccccc2)cc1. The molecule has 3 rings (SSSR count). The van der Waals surface area contributed by atoms with Crippen LogP contribution in [0.1, 0.15) is 5.56 Å². The maximum atomic E-state index is 4.70. The topological polar surface area (TPSA) is 18.8 Å². The van der Waals surface area contributed by atoms with Gasteiger partial charge in [0.05, 0.1) is 17.6 Å². The van der Waals surface area contributed by atoms with E-state index in [1.165, 1.54) is 5.69 Å². The van der Waals surface area contributed by atoms with Gasteiger partial charge in [-0.3, -0.25) is 0 Å². The molecule has 0 spiro atoms. The Bertz CT molecular complexity index is 739. The molecule has 0 fully saturated rings. The Morgan fingerprint density at radius 3 is 1.58 bits per heavy atom. The molecular weight excluding hydrogens is 294 g/mol. The predicted molar refractivity (Wildman–Crippen MR) is 103 cm³/mol. The Morgan fingerprint density at radius 2 is 1.12 bits per heavy atom. The quantitative estimate of drug-likeness (QED) is 0.491. The van der Waals surface area contributed by atoms with E-state index in [9.17, 15) is 0 Å². The second-order valence-electron chi connectivity index (χ2n) is 5.71. The van der Waals surface area contributed by atoms with Crippen LogP contribution >= 0.6 is 0 Å². The molecule has 0 N–H and O–H groups in total. The standard InChI is InChI=1S/C21H21N3/c1-23(2)19-15-13-18(14-16-19)17-22-24(20-9-5-3-6-10-20)21-11-7-4-8-12-21/h3-17H,1-2H3. The lowest BCUT2D eigenvalue weighted by atomic mass is 10.2. The van der Waals surface area contributed by atoms with Gasteiger partial charge in [0.1, 0.15) is 0 Å². The van der Waals surface area contributed by atoms with Crippen molar-refractivity contribution in [3.8, 4) is 0 Å². The highest BCUT2D eigenvalue weighted by Gasteiger charge is 2.06. The summed E-state index contributed by atoms with van der Waals surface area (Å²) in [5, 5.41) is 6.65. The van der Waals surface area contributed by atoms with Gasteiger partial charge >= 0.3 is 0 Å². The largest absolute Gasteiger partial charge is 0.378 e. The lowest BCUT2D eigenvalue weighted by Gasteiger charge is -2.19. The summed E-state index contributed by atoms with van der Waals surface area (Å²) in [6.45, 7) is 0. The first-order valence-corrected chi connectivity index (χ1v) is 7.95. The molecule has 3 aromatic carbocycles. The highest BCUT2D eigenvalue weighted by Crippen LogP contribution is 2.25. The zero-order chi connectivity index (χ0) is 16.8. The van der Waals surface area contributed by atoms with Crippen molar-refractivity contribution in [1.29, 1.82) is 0 Å². The van der Waals surface area contributed by atoms with E-state index >= 15 is 0 Å². The summed E-state index contributed by atoms with van der Waals surface area (Å²) >= 11 is 0. The molecule has 0 heterocycles. The fraction of sp³-hybridized carbons (Fsp3) is 0.0952. The average Bonchev–Trinajstić information content (AvgIpc) is 2.64. The molecule has 0 aliphatic rings. The van der Waals surface area contributed by atoms with Gasteiger partial charge in [0.25, 0.3) is 0 Å². The van der Waals surface area contributed by atoms with Crippen LogP contribution in [0.3, 0.4) is 0 Å². The second-order valence-corrected chi connectivity index (χ2v) is 5.71. The molecule has 0 saturated heterocycles. The molecule has 0 saturated carbocycles. The number of anilines is 3. The van der Waals surface area contributed by atoms with Crippen LogP contribution in [0, 0.1) is 0 Å². The van der Waals surface area contributed by atoms with E-state index in [4.69, 9.17) is 5.10 Å². The van der Waals surface area contributed by atoms with E-state index in [1.807, 2.05) is 61.7 Å². The molecule has 0 radical (unpaired) electrons. The van der Waals surface area contributed by atoms with Crippen molar-refractivity contribution >= 4 is 23.3 Å². The molecule has 120 valence electrons. The molecule has 24 heavy (non-hydrogen) atoms. The van der Waals surface area contributed by atoms with Crippen molar-refractivity contribution in [1.82, 2.24) is 0 Å². The summed E-state index contributed by atoms with van der Waals surface area (Å²) in [4.78, 5) is 2.08. The predicted octanol–water partition coefficient (Wildman–Crippen LogP) is 4.92. The van der Waals surface area contributed by atoms with Crippen LogP contribution in [0.15, 0.2) is 90.0 Å². The number of benzene rings is 3. The smallest absolute Gasteiger partial charge is 0.0652 e. The van der Waals surface area contributed by atoms with E-state index in [0.29, 0.717) is 0 Å². The Balaban J connectivity index is 1.89. The fourth-order valence-electron chi connectivity index (χ4n) is 2.40. The van der Waals surface area contributed by atoms with E-state index in [-0.39, 0.29) is 0 Å². The van der Waals surface area contributed by atoms with Crippen LogP contribution in [0.4, 0.5) is 17.1 Å². The van der Waals surface area contributed by atoms with Crippen LogP contribution in [0.2, 0.25) is 0 Å². The monoisotopic (exact) mass is 315 g/mol. The maximum absolute atomic E-state index is 4.70. The van der Waals surface area contributed by atoms with Crippen LogP contribution in [0.5, 0.6) is 0 Å². The summed E-state index contributed by atoms with van der Waals surface area (Å²) in [5.41, 5.74) is 4.31. The van der Waals surface area contributed by atoms with Crippen molar-refractivity contribution in [2.24, 2.45) is 5.10 Å². The van der Waals surface area contributed by atoms with Crippen molar-refractivity contribution in [2.75, 3.05) is 24.0 Å². The molecule has 3 heteroatoms. The van der Waals surface area contributed by atoms with Crippen LogP contribution in [-0.2, 0) is 0 Å². The van der Waals surface area contributed by atoms with E-state index in [1.54, 1.807) is 0 Å². The van der Waals surface area contributed by atoms with Gasteiger partial charge in [-0.1, -0.05) is 48.5 Å². The first-order chi connectivity index (χ1) is 11.7. The molecule has 3 nitrogen and oxygen atoms in total. The minimum Gasteiger partial charge on any atom is -0.378 e. The molecule has 0 aliphatic carbocycles. The van der Waals surface area contributed by atoms with Crippen molar-refractivity contribution in [2.45, 2.75) is 0 Å². The Kier molecular flexibility index (Phi) is 4.92. The summed E-state index contributed by atoms with van der Waals surface area (Å²) in [6.07, 6.45) is 1.89. The van der Waals surface area contributed by atoms with Gasteiger partial charge in [0.2, 0.25) is 0 Å². The van der Waals surface area contributed by atoms with Crippen molar-refractivity contribution < 1.29 is 0 Å². The minimum atomic E-state index is 1.03. The normalized spacial score (nSPS) is 10.8. The third kappa shape index (κ3) is 3.82. The Morgan fingerprint density at radius 1 is 0.625 bits per heavy atom. The van der Waals surface area contributed by atoms with Crippen LogP contribution in [-0.4, -0.2) is 20.3 Å². The first kappa shape index (κ1) is 15.8.